The summed E-state index contributed by atoms with van der Waals surface area (Å²) in [6, 6.07) is 19.7. The van der Waals surface area contributed by atoms with Gasteiger partial charge in [-0.25, -0.2) is 0 Å². The van der Waals surface area contributed by atoms with Crippen LogP contribution in [0.2, 0.25) is 0 Å². The Kier molecular flexibility index (Phi) is 6.44. The van der Waals surface area contributed by atoms with Crippen molar-refractivity contribution in [2.45, 2.75) is 11.8 Å². The first-order chi connectivity index (χ1) is 12.6. The lowest BCUT2D eigenvalue weighted by molar-refractivity contribution is 0.102. The molecule has 0 saturated heterocycles. The summed E-state index contributed by atoms with van der Waals surface area (Å²) in [5.74, 6) is 0.579. The van der Waals surface area contributed by atoms with Crippen LogP contribution in [0.3, 0.4) is 0 Å². The highest BCUT2D eigenvalue weighted by molar-refractivity contribution is 8.00. The third kappa shape index (κ3) is 5.42. The molecule has 2 N–H and O–H groups in total. The molecular weight excluding hydrogens is 380 g/mol. The number of thiophene rings is 1. The summed E-state index contributed by atoms with van der Waals surface area (Å²) >= 11 is 8.38. The predicted octanol–water partition coefficient (Wildman–Crippen LogP) is 5.84. The lowest BCUT2D eigenvalue weighted by atomic mass is 10.2. The van der Waals surface area contributed by atoms with Gasteiger partial charge in [-0.15, -0.1) is 23.1 Å². The van der Waals surface area contributed by atoms with Crippen LogP contribution in [0.5, 0.6) is 0 Å². The van der Waals surface area contributed by atoms with Crippen LogP contribution in [-0.2, 0) is 0 Å². The summed E-state index contributed by atoms with van der Waals surface area (Å²) in [7, 11) is 0. The Morgan fingerprint density at radius 2 is 1.81 bits per heavy atom. The van der Waals surface area contributed by atoms with E-state index < -0.39 is 0 Å². The summed E-state index contributed by atoms with van der Waals surface area (Å²) in [5.41, 5.74) is 3.04. The number of anilines is 2. The van der Waals surface area contributed by atoms with Gasteiger partial charge in [-0.3, -0.25) is 4.79 Å². The number of thioether (sulfide) groups is 1. The van der Waals surface area contributed by atoms with E-state index in [0.29, 0.717) is 10.9 Å². The molecule has 3 aromatic rings. The first-order valence-electron chi connectivity index (χ1n) is 8.04. The Balaban J connectivity index is 1.55. The Morgan fingerprint density at radius 1 is 1.04 bits per heavy atom. The molecule has 0 aliphatic carbocycles. The minimum absolute atomic E-state index is 0.153. The lowest BCUT2D eigenvalue weighted by Gasteiger charge is -2.11. The molecule has 0 fully saturated rings. The van der Waals surface area contributed by atoms with E-state index in [0.717, 1.165) is 21.1 Å². The molecule has 2 aromatic carbocycles. The van der Waals surface area contributed by atoms with Gasteiger partial charge >= 0.3 is 0 Å². The summed E-state index contributed by atoms with van der Waals surface area (Å²) in [4.78, 5) is 13.9. The molecule has 26 heavy (non-hydrogen) atoms. The molecule has 1 aromatic heterocycles. The molecule has 0 radical (unpaired) electrons. The third-order valence-electron chi connectivity index (χ3n) is 3.57. The van der Waals surface area contributed by atoms with Crippen LogP contribution in [0.15, 0.2) is 70.9 Å². The molecule has 6 heteroatoms. The predicted molar refractivity (Wildman–Crippen MR) is 117 cm³/mol. The number of carbonyl (C=O) groups excluding carboxylic acids is 1. The summed E-state index contributed by atoms with van der Waals surface area (Å²) in [5, 5.41) is 8.81. The molecule has 0 bridgehead atoms. The highest BCUT2D eigenvalue weighted by atomic mass is 32.2. The standard InChI is InChI=1S/C20H18N2OS3/c1-14-7-9-15(10-8-14)21-20(24)22-16-4-2-5-17(12-16)26-13-18(23)19-6-3-11-25-19/h2-12H,13H2,1H3,(H2,21,22,24). The van der Waals surface area contributed by atoms with Crippen molar-refractivity contribution < 1.29 is 4.79 Å². The Labute approximate surface area is 166 Å². The number of aryl methyl sites for hydroxylation is 1. The highest BCUT2D eigenvalue weighted by Gasteiger charge is 2.08. The van der Waals surface area contributed by atoms with Gasteiger partial charge in [0.2, 0.25) is 0 Å². The van der Waals surface area contributed by atoms with E-state index in [2.05, 4.69) is 10.6 Å². The number of ketones is 1. The van der Waals surface area contributed by atoms with E-state index in [1.54, 1.807) is 0 Å². The average molecular weight is 399 g/mol. The van der Waals surface area contributed by atoms with Crippen LogP contribution in [0, 0.1) is 6.92 Å². The summed E-state index contributed by atoms with van der Waals surface area (Å²) in [6.07, 6.45) is 0. The van der Waals surface area contributed by atoms with Crippen LogP contribution in [-0.4, -0.2) is 16.6 Å². The van der Waals surface area contributed by atoms with E-state index in [9.17, 15) is 4.79 Å². The van der Waals surface area contributed by atoms with E-state index in [1.807, 2.05) is 73.0 Å². The van der Waals surface area contributed by atoms with E-state index in [1.165, 1.54) is 28.7 Å². The van der Waals surface area contributed by atoms with E-state index >= 15 is 0 Å². The van der Waals surface area contributed by atoms with Crippen molar-refractivity contribution in [3.05, 3.63) is 76.5 Å². The van der Waals surface area contributed by atoms with Crippen molar-refractivity contribution in [1.29, 1.82) is 0 Å². The lowest BCUT2D eigenvalue weighted by Crippen LogP contribution is -2.18. The maximum atomic E-state index is 12.1. The number of carbonyl (C=O) groups is 1. The number of hydrogen-bond acceptors (Lipinski definition) is 4. The summed E-state index contributed by atoms with van der Waals surface area (Å²) in [6.45, 7) is 2.05. The Hall–Kier alpha value is -2.15. The number of thiocarbonyl (C=S) groups is 1. The molecule has 0 atom stereocenters. The fourth-order valence-corrected chi connectivity index (χ4v) is 4.08. The van der Waals surface area contributed by atoms with Gasteiger partial charge < -0.3 is 10.6 Å². The zero-order valence-electron chi connectivity index (χ0n) is 14.2. The van der Waals surface area contributed by atoms with Crippen LogP contribution < -0.4 is 10.6 Å². The molecule has 3 nitrogen and oxygen atoms in total. The largest absolute Gasteiger partial charge is 0.332 e. The molecule has 0 saturated carbocycles. The second-order valence-corrected chi connectivity index (χ2v) is 8.07. The number of rotatable bonds is 6. The zero-order chi connectivity index (χ0) is 18.4. The minimum atomic E-state index is 0.153. The molecule has 0 spiro atoms. The van der Waals surface area contributed by atoms with Crippen molar-refractivity contribution in [1.82, 2.24) is 0 Å². The second-order valence-electron chi connectivity index (χ2n) is 5.66. The molecule has 0 unspecified atom stereocenters. The van der Waals surface area contributed by atoms with Crippen LogP contribution in [0.25, 0.3) is 0 Å². The number of benzene rings is 2. The SMILES string of the molecule is Cc1ccc(NC(=S)Nc2cccc(SCC(=O)c3cccs3)c2)cc1. The van der Waals surface area contributed by atoms with Crippen LogP contribution in [0.1, 0.15) is 15.2 Å². The molecule has 3 rings (SSSR count). The van der Waals surface area contributed by atoms with Gasteiger partial charge in [-0.1, -0.05) is 29.8 Å². The Morgan fingerprint density at radius 3 is 2.54 bits per heavy atom. The van der Waals surface area contributed by atoms with Gasteiger partial charge in [-0.2, -0.15) is 0 Å². The quantitative estimate of drug-likeness (QED) is 0.310. The smallest absolute Gasteiger partial charge is 0.182 e. The molecular formula is C20H18N2OS3. The van der Waals surface area contributed by atoms with Gasteiger partial charge in [0.05, 0.1) is 10.6 Å². The van der Waals surface area contributed by atoms with Crippen molar-refractivity contribution >= 4 is 57.6 Å². The van der Waals surface area contributed by atoms with Crippen molar-refractivity contribution in [2.75, 3.05) is 16.4 Å². The zero-order valence-corrected chi connectivity index (χ0v) is 16.6. The van der Waals surface area contributed by atoms with Gasteiger partial charge in [0.15, 0.2) is 10.9 Å². The maximum absolute atomic E-state index is 12.1. The first kappa shape index (κ1) is 18.6. The normalized spacial score (nSPS) is 10.3. The van der Waals surface area contributed by atoms with Gasteiger partial charge in [0, 0.05) is 16.3 Å². The molecule has 0 amide bonds. The molecule has 0 aliphatic rings. The van der Waals surface area contributed by atoms with Gasteiger partial charge in [-0.05, 0) is 60.9 Å². The molecule has 1 heterocycles. The maximum Gasteiger partial charge on any atom is 0.182 e. The average Bonchev–Trinajstić information content (AvgIpc) is 3.17. The van der Waals surface area contributed by atoms with E-state index in [-0.39, 0.29) is 5.78 Å². The second kappa shape index (κ2) is 8.98. The fourth-order valence-electron chi connectivity index (χ4n) is 2.25. The van der Waals surface area contributed by atoms with Gasteiger partial charge in [0.1, 0.15) is 0 Å². The number of Topliss-reactive ketones (excluding diaryl/α,β-unsaturated/α-hetero) is 1. The molecule has 132 valence electrons. The fraction of sp³-hybridized carbons (Fsp3) is 0.100. The van der Waals surface area contributed by atoms with Crippen molar-refractivity contribution in [3.63, 3.8) is 0 Å². The topological polar surface area (TPSA) is 41.1 Å². The number of nitrogens with one attached hydrogen (secondary N) is 2. The summed E-state index contributed by atoms with van der Waals surface area (Å²) < 4.78 is 0. The minimum Gasteiger partial charge on any atom is -0.332 e. The Bertz CT molecular complexity index is 890. The monoisotopic (exact) mass is 398 g/mol. The number of hydrogen-bond donors (Lipinski definition) is 2. The first-order valence-corrected chi connectivity index (χ1v) is 10.3. The van der Waals surface area contributed by atoms with Crippen LogP contribution >= 0.6 is 35.3 Å². The van der Waals surface area contributed by atoms with Crippen molar-refractivity contribution in [2.24, 2.45) is 0 Å². The van der Waals surface area contributed by atoms with Gasteiger partial charge in [0.25, 0.3) is 0 Å². The van der Waals surface area contributed by atoms with Crippen LogP contribution in [0.4, 0.5) is 11.4 Å². The highest BCUT2D eigenvalue weighted by Crippen LogP contribution is 2.23. The third-order valence-corrected chi connectivity index (χ3v) is 5.68. The van der Waals surface area contributed by atoms with E-state index in [4.69, 9.17) is 12.2 Å². The molecule has 0 aliphatic heterocycles. The van der Waals surface area contributed by atoms with Crippen molar-refractivity contribution in [3.8, 4) is 0 Å².